The zero-order valence-electron chi connectivity index (χ0n) is 6.83. The summed E-state index contributed by atoms with van der Waals surface area (Å²) in [5.41, 5.74) is 0.354. The molecular weight excluding hydrogens is 127 g/mol. The molecule has 0 heterocycles. The fourth-order valence-corrected chi connectivity index (χ4v) is 1.88. The molecule has 0 aromatic rings. The van der Waals surface area contributed by atoms with E-state index >= 15 is 0 Å². The average Bonchev–Trinajstić information content (AvgIpc) is 1.89. The second kappa shape index (κ2) is 3.36. The first-order chi connectivity index (χ1) is 4.77. The van der Waals surface area contributed by atoms with E-state index in [0.29, 0.717) is 5.41 Å². The molecule has 0 saturated heterocycles. The third kappa shape index (κ3) is 1.96. The van der Waals surface area contributed by atoms with Gasteiger partial charge in [0.1, 0.15) is 0 Å². The molecule has 0 bridgehead atoms. The van der Waals surface area contributed by atoms with Crippen molar-refractivity contribution in [2.75, 3.05) is 6.67 Å². The Morgan fingerprint density at radius 2 is 1.80 bits per heavy atom. The van der Waals surface area contributed by atoms with E-state index in [1.165, 1.54) is 32.1 Å². The first-order valence-electron chi connectivity index (χ1n) is 4.33. The standard InChI is InChI=1S/C9H17F/c1-9(7-8-10)5-3-2-4-6-9/h2-8H2,1H3. The van der Waals surface area contributed by atoms with Crippen LogP contribution in [0.25, 0.3) is 0 Å². The lowest BCUT2D eigenvalue weighted by Gasteiger charge is -2.32. The highest BCUT2D eigenvalue weighted by Gasteiger charge is 2.25. The van der Waals surface area contributed by atoms with Crippen LogP contribution in [0, 0.1) is 5.41 Å². The fourth-order valence-electron chi connectivity index (χ4n) is 1.88. The van der Waals surface area contributed by atoms with Gasteiger partial charge in [0.25, 0.3) is 0 Å². The van der Waals surface area contributed by atoms with Crippen LogP contribution < -0.4 is 0 Å². The molecule has 0 amide bonds. The smallest absolute Gasteiger partial charge is 0.0899 e. The average molecular weight is 144 g/mol. The first-order valence-corrected chi connectivity index (χ1v) is 4.33. The summed E-state index contributed by atoms with van der Waals surface area (Å²) in [5.74, 6) is 0. The van der Waals surface area contributed by atoms with Crippen LogP contribution in [0.15, 0.2) is 0 Å². The van der Waals surface area contributed by atoms with E-state index in [1.54, 1.807) is 0 Å². The van der Waals surface area contributed by atoms with E-state index in [-0.39, 0.29) is 6.67 Å². The fraction of sp³-hybridized carbons (Fsp3) is 1.00. The maximum atomic E-state index is 12.0. The highest BCUT2D eigenvalue weighted by Crippen LogP contribution is 2.38. The summed E-state index contributed by atoms with van der Waals surface area (Å²) in [4.78, 5) is 0. The maximum Gasteiger partial charge on any atom is 0.0899 e. The van der Waals surface area contributed by atoms with E-state index in [1.807, 2.05) is 0 Å². The van der Waals surface area contributed by atoms with Crippen LogP contribution in [-0.2, 0) is 0 Å². The highest BCUT2D eigenvalue weighted by molar-refractivity contribution is 4.77. The number of halogens is 1. The van der Waals surface area contributed by atoms with Crippen molar-refractivity contribution < 1.29 is 4.39 Å². The molecule has 1 heteroatoms. The Hall–Kier alpha value is -0.0700. The molecule has 0 aromatic heterocycles. The van der Waals surface area contributed by atoms with Crippen molar-refractivity contribution in [1.29, 1.82) is 0 Å². The number of hydrogen-bond donors (Lipinski definition) is 0. The van der Waals surface area contributed by atoms with Crippen LogP contribution in [0.5, 0.6) is 0 Å². The van der Waals surface area contributed by atoms with Crippen LogP contribution in [0.4, 0.5) is 4.39 Å². The Morgan fingerprint density at radius 3 is 2.30 bits per heavy atom. The van der Waals surface area contributed by atoms with Gasteiger partial charge in [0.2, 0.25) is 0 Å². The van der Waals surface area contributed by atoms with Crippen molar-refractivity contribution in [3.8, 4) is 0 Å². The second-order valence-corrected chi connectivity index (χ2v) is 3.81. The van der Waals surface area contributed by atoms with Gasteiger partial charge in [-0.25, -0.2) is 0 Å². The summed E-state index contributed by atoms with van der Waals surface area (Å²) in [6.07, 6.45) is 7.27. The molecule has 10 heavy (non-hydrogen) atoms. The molecule has 0 atom stereocenters. The SMILES string of the molecule is CC1(CCF)CCCCC1. The molecule has 1 rings (SSSR count). The Kier molecular flexibility index (Phi) is 2.70. The molecule has 0 nitrogen and oxygen atoms in total. The van der Waals surface area contributed by atoms with Gasteiger partial charge in [0.05, 0.1) is 6.67 Å². The largest absolute Gasteiger partial charge is 0.251 e. The van der Waals surface area contributed by atoms with Crippen molar-refractivity contribution in [2.24, 2.45) is 5.41 Å². The molecule has 1 fully saturated rings. The molecule has 0 spiro atoms. The normalized spacial score (nSPS) is 24.6. The van der Waals surface area contributed by atoms with Crippen LogP contribution in [0.2, 0.25) is 0 Å². The number of alkyl halides is 1. The predicted molar refractivity (Wildman–Crippen MR) is 41.8 cm³/mol. The minimum absolute atomic E-state index is 0.128. The molecule has 0 N–H and O–H groups in total. The number of rotatable bonds is 2. The van der Waals surface area contributed by atoms with Crippen LogP contribution in [0.1, 0.15) is 45.4 Å². The minimum atomic E-state index is -0.128. The lowest BCUT2D eigenvalue weighted by molar-refractivity contribution is 0.181. The van der Waals surface area contributed by atoms with Gasteiger partial charge in [0, 0.05) is 0 Å². The van der Waals surface area contributed by atoms with E-state index in [4.69, 9.17) is 0 Å². The topological polar surface area (TPSA) is 0 Å². The molecule has 60 valence electrons. The molecular formula is C9H17F. The summed E-state index contributed by atoms with van der Waals surface area (Å²) in [7, 11) is 0. The molecule has 0 radical (unpaired) electrons. The van der Waals surface area contributed by atoms with E-state index < -0.39 is 0 Å². The van der Waals surface area contributed by atoms with Crippen molar-refractivity contribution >= 4 is 0 Å². The van der Waals surface area contributed by atoms with Crippen molar-refractivity contribution in [2.45, 2.75) is 45.4 Å². The van der Waals surface area contributed by atoms with Gasteiger partial charge in [-0.1, -0.05) is 26.2 Å². The Bertz CT molecular complexity index is 87.4. The van der Waals surface area contributed by atoms with Crippen LogP contribution in [-0.4, -0.2) is 6.67 Å². The van der Waals surface area contributed by atoms with Crippen LogP contribution >= 0.6 is 0 Å². The quantitative estimate of drug-likeness (QED) is 0.557. The van der Waals surface area contributed by atoms with Gasteiger partial charge in [-0.05, 0) is 24.7 Å². The summed E-state index contributed by atoms with van der Waals surface area (Å²) in [6.45, 7) is 2.10. The molecule has 0 aliphatic heterocycles. The summed E-state index contributed by atoms with van der Waals surface area (Å²) >= 11 is 0. The van der Waals surface area contributed by atoms with Crippen molar-refractivity contribution in [3.63, 3.8) is 0 Å². The molecule has 1 aliphatic carbocycles. The first kappa shape index (κ1) is 8.03. The maximum absolute atomic E-state index is 12.0. The third-order valence-electron chi connectivity index (χ3n) is 2.76. The molecule has 1 aliphatic rings. The second-order valence-electron chi connectivity index (χ2n) is 3.81. The van der Waals surface area contributed by atoms with E-state index in [2.05, 4.69) is 6.92 Å². The monoisotopic (exact) mass is 144 g/mol. The van der Waals surface area contributed by atoms with E-state index in [9.17, 15) is 4.39 Å². The van der Waals surface area contributed by atoms with Gasteiger partial charge < -0.3 is 0 Å². The number of hydrogen-bond acceptors (Lipinski definition) is 0. The molecule has 1 saturated carbocycles. The zero-order chi connectivity index (χ0) is 7.45. The van der Waals surface area contributed by atoms with Crippen molar-refractivity contribution in [1.82, 2.24) is 0 Å². The Balaban J connectivity index is 2.32. The van der Waals surface area contributed by atoms with Crippen molar-refractivity contribution in [3.05, 3.63) is 0 Å². The predicted octanol–water partition coefficient (Wildman–Crippen LogP) is 3.32. The Morgan fingerprint density at radius 1 is 1.20 bits per heavy atom. The Labute approximate surface area is 62.8 Å². The molecule has 0 unspecified atom stereocenters. The minimum Gasteiger partial charge on any atom is -0.251 e. The highest BCUT2D eigenvalue weighted by atomic mass is 19.1. The summed E-state index contributed by atoms with van der Waals surface area (Å²) in [5, 5.41) is 0. The van der Waals surface area contributed by atoms with Crippen LogP contribution in [0.3, 0.4) is 0 Å². The summed E-state index contributed by atoms with van der Waals surface area (Å²) in [6, 6.07) is 0. The summed E-state index contributed by atoms with van der Waals surface area (Å²) < 4.78 is 12.0. The molecule has 0 aromatic carbocycles. The van der Waals surface area contributed by atoms with E-state index in [0.717, 1.165) is 6.42 Å². The lowest BCUT2D eigenvalue weighted by atomic mass is 9.74. The van der Waals surface area contributed by atoms with Gasteiger partial charge in [-0.15, -0.1) is 0 Å². The lowest BCUT2D eigenvalue weighted by Crippen LogP contribution is -2.20. The zero-order valence-corrected chi connectivity index (χ0v) is 6.83. The van der Waals surface area contributed by atoms with Gasteiger partial charge in [-0.2, -0.15) is 0 Å². The third-order valence-corrected chi connectivity index (χ3v) is 2.76. The van der Waals surface area contributed by atoms with Gasteiger partial charge in [-0.3, -0.25) is 4.39 Å². The van der Waals surface area contributed by atoms with Gasteiger partial charge >= 0.3 is 0 Å². The van der Waals surface area contributed by atoms with Gasteiger partial charge in [0.15, 0.2) is 0 Å².